The maximum absolute atomic E-state index is 5.62. The van der Waals surface area contributed by atoms with Gasteiger partial charge >= 0.3 is 0 Å². The van der Waals surface area contributed by atoms with Gasteiger partial charge in [0.15, 0.2) is 5.82 Å². The molecule has 3 aliphatic rings. The maximum Gasteiger partial charge on any atom is 0.159 e. The number of piperidine rings is 1. The van der Waals surface area contributed by atoms with Crippen molar-refractivity contribution >= 4 is 16.7 Å². The molecule has 6 rings (SSSR count). The van der Waals surface area contributed by atoms with Gasteiger partial charge in [0, 0.05) is 37.2 Å². The van der Waals surface area contributed by atoms with E-state index < -0.39 is 0 Å². The zero-order chi connectivity index (χ0) is 23.1. The Kier molecular flexibility index (Phi) is 5.97. The van der Waals surface area contributed by atoms with Crippen LogP contribution >= 0.6 is 0 Å². The molecule has 8 heteroatoms. The molecule has 8 nitrogen and oxygen atoms in total. The Morgan fingerprint density at radius 3 is 2.41 bits per heavy atom. The molecule has 3 aliphatic heterocycles. The number of fused-ring (bicyclic) bond motifs is 1. The first kappa shape index (κ1) is 21.9. The fraction of sp³-hybridized carbons (Fsp3) is 0.577. The van der Waals surface area contributed by atoms with E-state index in [4.69, 9.17) is 24.5 Å². The molecule has 3 fully saturated rings. The van der Waals surface area contributed by atoms with Gasteiger partial charge in [-0.15, -0.1) is 0 Å². The van der Waals surface area contributed by atoms with E-state index in [0.29, 0.717) is 12.0 Å². The zero-order valence-electron chi connectivity index (χ0n) is 20.2. The number of aromatic nitrogens is 4. The van der Waals surface area contributed by atoms with Crippen molar-refractivity contribution in [3.63, 3.8) is 0 Å². The van der Waals surface area contributed by atoms with Crippen molar-refractivity contribution in [1.29, 1.82) is 0 Å². The van der Waals surface area contributed by atoms with Crippen molar-refractivity contribution < 1.29 is 9.47 Å². The van der Waals surface area contributed by atoms with E-state index in [0.717, 1.165) is 81.0 Å². The molecule has 0 aliphatic carbocycles. The molecule has 0 radical (unpaired) electrons. The summed E-state index contributed by atoms with van der Waals surface area (Å²) in [5, 5.41) is 5.90. The number of benzene rings is 1. The summed E-state index contributed by atoms with van der Waals surface area (Å²) in [6, 6.07) is 7.34. The molecule has 180 valence electrons. The van der Waals surface area contributed by atoms with Gasteiger partial charge in [-0.3, -0.25) is 4.90 Å². The van der Waals surface area contributed by atoms with Gasteiger partial charge in [-0.25, -0.2) is 14.6 Å². The molecule has 0 amide bonds. The Hall–Kier alpha value is -2.55. The predicted octanol–water partition coefficient (Wildman–Crippen LogP) is 3.24. The summed E-state index contributed by atoms with van der Waals surface area (Å²) in [7, 11) is 0. The highest BCUT2D eigenvalue weighted by molar-refractivity contribution is 5.82. The molecule has 3 aromatic rings. The molecule has 3 saturated heterocycles. The quantitative estimate of drug-likeness (QED) is 0.590. The highest BCUT2D eigenvalue weighted by atomic mass is 16.5. The number of aryl methyl sites for hydroxylation is 2. The average molecular weight is 463 g/mol. The highest BCUT2D eigenvalue weighted by Crippen LogP contribution is 2.34. The number of morpholine rings is 1. The lowest BCUT2D eigenvalue weighted by Gasteiger charge is -2.36. The van der Waals surface area contributed by atoms with E-state index >= 15 is 0 Å². The van der Waals surface area contributed by atoms with Crippen LogP contribution in [0.3, 0.4) is 0 Å². The van der Waals surface area contributed by atoms with E-state index in [-0.39, 0.29) is 0 Å². The van der Waals surface area contributed by atoms with E-state index in [1.54, 1.807) is 0 Å². The van der Waals surface area contributed by atoms with Crippen LogP contribution in [0.4, 0.5) is 5.82 Å². The van der Waals surface area contributed by atoms with E-state index in [1.807, 2.05) is 17.8 Å². The molecule has 1 atom stereocenters. The summed E-state index contributed by atoms with van der Waals surface area (Å²) in [6.45, 7) is 11.5. The lowest BCUT2D eigenvalue weighted by molar-refractivity contribution is 0.122. The third-order valence-corrected chi connectivity index (χ3v) is 7.71. The summed E-state index contributed by atoms with van der Waals surface area (Å²) in [6.07, 6.45) is 5.54. The standard InChI is InChI=1S/C26H34N6O2/c1-18-13-21-16-27-32(26-15-25(28-19(2)29-26)31-8-11-33-12-9-31)24(21)14-23(18)20-3-6-30(7-4-20)22-5-10-34-17-22/h13-16,20,22H,3-12,17H2,1-2H3. The number of rotatable bonds is 4. The molecular weight excluding hydrogens is 428 g/mol. The minimum atomic E-state index is 0.586. The van der Waals surface area contributed by atoms with Gasteiger partial charge < -0.3 is 14.4 Å². The number of hydrogen-bond acceptors (Lipinski definition) is 7. The van der Waals surface area contributed by atoms with E-state index in [1.165, 1.54) is 30.4 Å². The minimum Gasteiger partial charge on any atom is -0.380 e. The smallest absolute Gasteiger partial charge is 0.159 e. The first-order chi connectivity index (χ1) is 16.7. The van der Waals surface area contributed by atoms with Crippen molar-refractivity contribution in [2.75, 3.05) is 57.5 Å². The summed E-state index contributed by atoms with van der Waals surface area (Å²) in [5.41, 5.74) is 3.94. The fourth-order valence-corrected chi connectivity index (χ4v) is 5.81. The van der Waals surface area contributed by atoms with Gasteiger partial charge in [-0.1, -0.05) is 0 Å². The molecule has 0 saturated carbocycles. The Bertz CT molecular complexity index is 1160. The van der Waals surface area contributed by atoms with Crippen LogP contribution in [-0.4, -0.2) is 83.3 Å². The van der Waals surface area contributed by atoms with Crippen molar-refractivity contribution in [1.82, 2.24) is 24.6 Å². The van der Waals surface area contributed by atoms with Gasteiger partial charge in [-0.2, -0.15) is 5.10 Å². The van der Waals surface area contributed by atoms with Crippen molar-refractivity contribution in [3.8, 4) is 5.82 Å². The van der Waals surface area contributed by atoms with Gasteiger partial charge in [0.1, 0.15) is 11.6 Å². The number of anilines is 1. The van der Waals surface area contributed by atoms with Gasteiger partial charge in [0.05, 0.1) is 31.5 Å². The molecule has 2 aromatic heterocycles. The Morgan fingerprint density at radius 2 is 1.65 bits per heavy atom. The monoisotopic (exact) mass is 462 g/mol. The third kappa shape index (κ3) is 4.19. The van der Waals surface area contributed by atoms with E-state index in [9.17, 15) is 0 Å². The van der Waals surface area contributed by atoms with Gasteiger partial charge in [-0.05, 0) is 75.4 Å². The lowest BCUT2D eigenvalue weighted by Crippen LogP contribution is -2.41. The first-order valence-corrected chi connectivity index (χ1v) is 12.6. The molecule has 5 heterocycles. The van der Waals surface area contributed by atoms with E-state index in [2.05, 4.69) is 34.9 Å². The number of hydrogen-bond donors (Lipinski definition) is 0. The zero-order valence-corrected chi connectivity index (χ0v) is 20.2. The maximum atomic E-state index is 5.62. The number of nitrogens with zero attached hydrogens (tertiary/aromatic N) is 6. The molecular formula is C26H34N6O2. The largest absolute Gasteiger partial charge is 0.380 e. The van der Waals surface area contributed by atoms with Crippen LogP contribution in [0.15, 0.2) is 24.4 Å². The second-order valence-electron chi connectivity index (χ2n) is 9.88. The molecule has 0 N–H and O–H groups in total. The first-order valence-electron chi connectivity index (χ1n) is 12.6. The summed E-state index contributed by atoms with van der Waals surface area (Å²) < 4.78 is 13.1. The molecule has 1 aromatic carbocycles. The predicted molar refractivity (Wildman–Crippen MR) is 132 cm³/mol. The summed E-state index contributed by atoms with van der Waals surface area (Å²) in [5.74, 6) is 3.13. The SMILES string of the molecule is Cc1nc(N2CCOCC2)cc(-n2ncc3cc(C)c(C4CCN(C5CCOC5)CC4)cc32)n1. The summed E-state index contributed by atoms with van der Waals surface area (Å²) in [4.78, 5) is 14.4. The normalized spacial score (nSPS) is 22.6. The molecule has 0 bridgehead atoms. The van der Waals surface area contributed by atoms with Gasteiger partial charge in [0.2, 0.25) is 0 Å². The Morgan fingerprint density at radius 1 is 0.853 bits per heavy atom. The second-order valence-corrected chi connectivity index (χ2v) is 9.88. The average Bonchev–Trinajstić information content (AvgIpc) is 3.54. The van der Waals surface area contributed by atoms with Crippen LogP contribution < -0.4 is 4.90 Å². The van der Waals surface area contributed by atoms with Crippen LogP contribution in [0.2, 0.25) is 0 Å². The van der Waals surface area contributed by atoms with Crippen molar-refractivity contribution in [3.05, 3.63) is 41.3 Å². The van der Waals surface area contributed by atoms with Crippen molar-refractivity contribution in [2.24, 2.45) is 0 Å². The van der Waals surface area contributed by atoms with Crippen LogP contribution in [0.5, 0.6) is 0 Å². The van der Waals surface area contributed by atoms with Gasteiger partial charge in [0.25, 0.3) is 0 Å². The minimum absolute atomic E-state index is 0.586. The molecule has 0 spiro atoms. The van der Waals surface area contributed by atoms with Crippen LogP contribution in [0, 0.1) is 13.8 Å². The molecule has 1 unspecified atom stereocenters. The lowest BCUT2D eigenvalue weighted by atomic mass is 9.86. The summed E-state index contributed by atoms with van der Waals surface area (Å²) >= 11 is 0. The fourth-order valence-electron chi connectivity index (χ4n) is 5.81. The Labute approximate surface area is 200 Å². The van der Waals surface area contributed by atoms with Crippen LogP contribution in [-0.2, 0) is 9.47 Å². The number of ether oxygens (including phenoxy) is 2. The topological polar surface area (TPSA) is 68.5 Å². The second kappa shape index (κ2) is 9.24. The Balaban J connectivity index is 1.29. The number of likely N-dealkylation sites (tertiary alicyclic amines) is 1. The van der Waals surface area contributed by atoms with Crippen molar-refractivity contribution in [2.45, 2.75) is 45.1 Å². The van der Waals surface area contributed by atoms with Crippen LogP contribution in [0.25, 0.3) is 16.7 Å². The third-order valence-electron chi connectivity index (χ3n) is 7.71. The molecule has 34 heavy (non-hydrogen) atoms. The highest BCUT2D eigenvalue weighted by Gasteiger charge is 2.29. The van der Waals surface area contributed by atoms with Crippen LogP contribution in [0.1, 0.15) is 42.1 Å².